The lowest BCUT2D eigenvalue weighted by Gasteiger charge is -2.33. The molecular weight excluding hydrogens is 260 g/mol. The summed E-state index contributed by atoms with van der Waals surface area (Å²) >= 11 is 0. The molecule has 0 amide bonds. The van der Waals surface area contributed by atoms with Crippen molar-refractivity contribution in [2.24, 2.45) is 0 Å². The van der Waals surface area contributed by atoms with Gasteiger partial charge in [-0.25, -0.2) is 0 Å². The molecule has 108 valence electrons. The lowest BCUT2D eigenvalue weighted by Crippen LogP contribution is -2.50. The molecule has 1 unspecified atom stereocenters. The minimum Gasteiger partial charge on any atom is -0.492 e. The molecule has 0 spiro atoms. The number of rotatable bonds is 4. The maximum absolute atomic E-state index is 5.96. The van der Waals surface area contributed by atoms with Crippen LogP contribution in [0.15, 0.2) is 18.2 Å². The van der Waals surface area contributed by atoms with Crippen LogP contribution >= 0.6 is 12.4 Å². The second-order valence-electron chi connectivity index (χ2n) is 5.16. The summed E-state index contributed by atoms with van der Waals surface area (Å²) in [7, 11) is 0. The van der Waals surface area contributed by atoms with Gasteiger partial charge in [-0.2, -0.15) is 0 Å². The molecule has 0 bridgehead atoms. The summed E-state index contributed by atoms with van der Waals surface area (Å²) in [5.41, 5.74) is 2.45. The highest BCUT2D eigenvalue weighted by atomic mass is 35.5. The van der Waals surface area contributed by atoms with Crippen LogP contribution in [0, 0.1) is 13.8 Å². The molecule has 1 heterocycles. The Morgan fingerprint density at radius 2 is 2.00 bits per heavy atom. The zero-order valence-corrected chi connectivity index (χ0v) is 12.9. The molecule has 19 heavy (non-hydrogen) atoms. The molecule has 1 aliphatic heterocycles. The van der Waals surface area contributed by atoms with E-state index in [4.69, 9.17) is 4.74 Å². The lowest BCUT2D eigenvalue weighted by atomic mass is 10.1. The van der Waals surface area contributed by atoms with Gasteiger partial charge in [0.1, 0.15) is 12.4 Å². The van der Waals surface area contributed by atoms with Crippen molar-refractivity contribution in [3.05, 3.63) is 29.3 Å². The van der Waals surface area contributed by atoms with Gasteiger partial charge in [0.2, 0.25) is 0 Å². The van der Waals surface area contributed by atoms with Crippen molar-refractivity contribution in [1.82, 2.24) is 10.2 Å². The SMILES string of the molecule is Cc1cccc(C)c1OCCN1CCNCC1C.Cl. The van der Waals surface area contributed by atoms with Crippen LogP contribution < -0.4 is 10.1 Å². The second kappa shape index (κ2) is 7.73. The molecule has 0 radical (unpaired) electrons. The van der Waals surface area contributed by atoms with Crippen LogP contribution in [0.2, 0.25) is 0 Å². The third-order valence-corrected chi connectivity index (χ3v) is 3.67. The summed E-state index contributed by atoms with van der Waals surface area (Å²) in [5.74, 6) is 1.06. The fraction of sp³-hybridized carbons (Fsp3) is 0.600. The average molecular weight is 285 g/mol. The minimum absolute atomic E-state index is 0. The standard InChI is InChI=1S/C15H24N2O.ClH/c1-12-5-4-6-13(2)15(12)18-10-9-17-8-7-16-11-14(17)3;/h4-6,14,16H,7-11H2,1-3H3;1H. The molecule has 1 fully saturated rings. The molecule has 0 saturated carbocycles. The van der Waals surface area contributed by atoms with Crippen molar-refractivity contribution >= 4 is 12.4 Å². The first-order valence-electron chi connectivity index (χ1n) is 6.82. The van der Waals surface area contributed by atoms with Crippen LogP contribution in [-0.2, 0) is 0 Å². The Kier molecular flexibility index (Phi) is 6.63. The highest BCUT2D eigenvalue weighted by Crippen LogP contribution is 2.22. The quantitative estimate of drug-likeness (QED) is 0.919. The summed E-state index contributed by atoms with van der Waals surface area (Å²) in [5, 5.41) is 3.41. The number of benzene rings is 1. The summed E-state index contributed by atoms with van der Waals surface area (Å²) in [6.07, 6.45) is 0. The maximum atomic E-state index is 5.96. The summed E-state index contributed by atoms with van der Waals surface area (Å²) in [4.78, 5) is 2.49. The van der Waals surface area contributed by atoms with Crippen molar-refractivity contribution in [3.8, 4) is 5.75 Å². The number of para-hydroxylation sites is 1. The zero-order valence-electron chi connectivity index (χ0n) is 12.1. The van der Waals surface area contributed by atoms with Gasteiger partial charge in [0.25, 0.3) is 0 Å². The molecular formula is C15H25ClN2O. The average Bonchev–Trinajstić information content (AvgIpc) is 2.35. The van der Waals surface area contributed by atoms with E-state index in [9.17, 15) is 0 Å². The Morgan fingerprint density at radius 3 is 2.63 bits per heavy atom. The van der Waals surface area contributed by atoms with Gasteiger partial charge in [-0.3, -0.25) is 4.90 Å². The molecule has 1 N–H and O–H groups in total. The number of piperazine rings is 1. The smallest absolute Gasteiger partial charge is 0.125 e. The Hall–Kier alpha value is -0.770. The second-order valence-corrected chi connectivity index (χ2v) is 5.16. The van der Waals surface area contributed by atoms with Gasteiger partial charge in [-0.1, -0.05) is 18.2 Å². The summed E-state index contributed by atoms with van der Waals surface area (Å²) in [6, 6.07) is 6.90. The molecule has 1 aromatic carbocycles. The topological polar surface area (TPSA) is 24.5 Å². The van der Waals surface area contributed by atoms with Crippen LogP contribution in [0.25, 0.3) is 0 Å². The van der Waals surface area contributed by atoms with Crippen molar-refractivity contribution < 1.29 is 4.74 Å². The van der Waals surface area contributed by atoms with Crippen molar-refractivity contribution in [2.45, 2.75) is 26.8 Å². The molecule has 4 heteroatoms. The number of hydrogen-bond acceptors (Lipinski definition) is 3. The molecule has 1 saturated heterocycles. The fourth-order valence-corrected chi connectivity index (χ4v) is 2.51. The molecule has 3 nitrogen and oxygen atoms in total. The molecule has 1 atom stereocenters. The number of nitrogens with zero attached hydrogens (tertiary/aromatic N) is 1. The summed E-state index contributed by atoms with van der Waals surface area (Å²) in [6.45, 7) is 11.6. The van der Waals surface area contributed by atoms with E-state index in [-0.39, 0.29) is 12.4 Å². The van der Waals surface area contributed by atoms with E-state index in [1.807, 2.05) is 0 Å². The molecule has 0 aliphatic carbocycles. The Morgan fingerprint density at radius 1 is 1.32 bits per heavy atom. The van der Waals surface area contributed by atoms with Gasteiger partial charge in [0.05, 0.1) is 0 Å². The van der Waals surface area contributed by atoms with Crippen molar-refractivity contribution in [2.75, 3.05) is 32.8 Å². The maximum Gasteiger partial charge on any atom is 0.125 e. The molecule has 0 aromatic heterocycles. The molecule has 1 aliphatic rings. The number of ether oxygens (including phenoxy) is 1. The first-order chi connectivity index (χ1) is 8.68. The number of halogens is 1. The van der Waals surface area contributed by atoms with E-state index in [2.05, 4.69) is 49.2 Å². The normalized spacial score (nSPS) is 19.8. The highest BCUT2D eigenvalue weighted by molar-refractivity contribution is 5.85. The zero-order chi connectivity index (χ0) is 13.0. The lowest BCUT2D eigenvalue weighted by molar-refractivity contribution is 0.143. The van der Waals surface area contributed by atoms with E-state index < -0.39 is 0 Å². The van der Waals surface area contributed by atoms with Gasteiger partial charge < -0.3 is 10.1 Å². The third-order valence-electron chi connectivity index (χ3n) is 3.67. The predicted molar refractivity (Wildman–Crippen MR) is 82.6 cm³/mol. The Bertz CT molecular complexity index is 377. The monoisotopic (exact) mass is 284 g/mol. The van der Waals surface area contributed by atoms with Gasteiger partial charge in [-0.05, 0) is 31.9 Å². The Balaban J connectivity index is 0.00000180. The fourth-order valence-electron chi connectivity index (χ4n) is 2.51. The van der Waals surface area contributed by atoms with Gasteiger partial charge in [0.15, 0.2) is 0 Å². The molecule has 2 rings (SSSR count). The van der Waals surface area contributed by atoms with E-state index in [1.54, 1.807) is 0 Å². The summed E-state index contributed by atoms with van der Waals surface area (Å²) < 4.78 is 5.96. The van der Waals surface area contributed by atoms with E-state index in [1.165, 1.54) is 11.1 Å². The number of hydrogen-bond donors (Lipinski definition) is 1. The number of aryl methyl sites for hydroxylation is 2. The van der Waals surface area contributed by atoms with Crippen LogP contribution in [0.5, 0.6) is 5.75 Å². The van der Waals surface area contributed by atoms with Crippen molar-refractivity contribution in [1.29, 1.82) is 0 Å². The Labute approximate surface area is 122 Å². The minimum atomic E-state index is 0. The van der Waals surface area contributed by atoms with Crippen molar-refractivity contribution in [3.63, 3.8) is 0 Å². The van der Waals surface area contributed by atoms with Crippen LogP contribution in [0.1, 0.15) is 18.1 Å². The first kappa shape index (κ1) is 16.3. The van der Waals surface area contributed by atoms with Gasteiger partial charge in [0, 0.05) is 32.2 Å². The van der Waals surface area contributed by atoms with Gasteiger partial charge in [-0.15, -0.1) is 12.4 Å². The van der Waals surface area contributed by atoms with Crippen LogP contribution in [-0.4, -0.2) is 43.7 Å². The highest BCUT2D eigenvalue weighted by Gasteiger charge is 2.17. The number of nitrogens with one attached hydrogen (secondary N) is 1. The third kappa shape index (κ3) is 4.37. The van der Waals surface area contributed by atoms with Crippen LogP contribution in [0.4, 0.5) is 0 Å². The largest absolute Gasteiger partial charge is 0.492 e. The van der Waals surface area contributed by atoms with E-state index in [0.717, 1.165) is 38.5 Å². The predicted octanol–water partition coefficient (Wildman–Crippen LogP) is 2.40. The van der Waals surface area contributed by atoms with Crippen LogP contribution in [0.3, 0.4) is 0 Å². The van der Waals surface area contributed by atoms with Gasteiger partial charge >= 0.3 is 0 Å². The van der Waals surface area contributed by atoms with E-state index in [0.29, 0.717) is 6.04 Å². The first-order valence-corrected chi connectivity index (χ1v) is 6.82. The van der Waals surface area contributed by atoms with E-state index >= 15 is 0 Å². The molecule has 1 aromatic rings.